The van der Waals surface area contributed by atoms with Crippen molar-refractivity contribution in [2.24, 2.45) is 5.73 Å². The van der Waals surface area contributed by atoms with Gasteiger partial charge in [-0.1, -0.05) is 18.2 Å². The molecule has 0 radical (unpaired) electrons. The SMILES string of the molecule is NC1CCN(Cc2ccc3nncc(-c4ccc(O)cc4)c3c2)CC1. The average Bonchev–Trinajstić information content (AvgIpc) is 2.64. The van der Waals surface area contributed by atoms with Gasteiger partial charge in [-0.2, -0.15) is 10.2 Å². The monoisotopic (exact) mass is 334 g/mol. The molecule has 3 aromatic rings. The first-order valence-corrected chi connectivity index (χ1v) is 8.71. The smallest absolute Gasteiger partial charge is 0.115 e. The highest BCUT2D eigenvalue weighted by Crippen LogP contribution is 2.29. The van der Waals surface area contributed by atoms with Crippen LogP contribution in [0.3, 0.4) is 0 Å². The highest BCUT2D eigenvalue weighted by molar-refractivity contribution is 5.94. The summed E-state index contributed by atoms with van der Waals surface area (Å²) >= 11 is 0. The second-order valence-corrected chi connectivity index (χ2v) is 6.77. The molecule has 2 aromatic carbocycles. The van der Waals surface area contributed by atoms with Gasteiger partial charge in [0.15, 0.2) is 0 Å². The van der Waals surface area contributed by atoms with E-state index in [0.29, 0.717) is 6.04 Å². The number of hydrogen-bond acceptors (Lipinski definition) is 5. The van der Waals surface area contributed by atoms with E-state index in [0.717, 1.165) is 54.5 Å². The first-order valence-electron chi connectivity index (χ1n) is 8.71. The van der Waals surface area contributed by atoms with E-state index in [1.54, 1.807) is 18.3 Å². The number of benzene rings is 2. The predicted molar refractivity (Wildman–Crippen MR) is 99.1 cm³/mol. The zero-order valence-electron chi connectivity index (χ0n) is 14.1. The second kappa shape index (κ2) is 6.78. The molecular formula is C20H22N4O. The van der Waals surface area contributed by atoms with Gasteiger partial charge >= 0.3 is 0 Å². The third-order valence-corrected chi connectivity index (χ3v) is 4.92. The number of fused-ring (bicyclic) bond motifs is 1. The molecule has 5 heteroatoms. The fraction of sp³-hybridized carbons (Fsp3) is 0.300. The van der Waals surface area contributed by atoms with Gasteiger partial charge in [0, 0.05) is 23.5 Å². The van der Waals surface area contributed by atoms with E-state index >= 15 is 0 Å². The van der Waals surface area contributed by atoms with Gasteiger partial charge in [0.05, 0.1) is 11.7 Å². The number of nitrogens with zero attached hydrogens (tertiary/aromatic N) is 3. The molecule has 2 heterocycles. The fourth-order valence-corrected chi connectivity index (χ4v) is 3.44. The number of phenolic OH excluding ortho intramolecular Hbond substituents is 1. The first-order chi connectivity index (χ1) is 12.2. The Kier molecular flexibility index (Phi) is 4.34. The van der Waals surface area contributed by atoms with E-state index in [2.05, 4.69) is 27.2 Å². The molecule has 3 N–H and O–H groups in total. The molecule has 5 nitrogen and oxygen atoms in total. The molecule has 0 bridgehead atoms. The van der Waals surface area contributed by atoms with Crippen LogP contribution in [0.25, 0.3) is 22.0 Å². The van der Waals surface area contributed by atoms with E-state index in [1.165, 1.54) is 5.56 Å². The lowest BCUT2D eigenvalue weighted by Crippen LogP contribution is -2.39. The van der Waals surface area contributed by atoms with Gasteiger partial charge in [-0.15, -0.1) is 0 Å². The Morgan fingerprint density at radius 1 is 1.08 bits per heavy atom. The zero-order valence-corrected chi connectivity index (χ0v) is 14.1. The minimum atomic E-state index is 0.263. The molecule has 0 atom stereocenters. The molecule has 128 valence electrons. The summed E-state index contributed by atoms with van der Waals surface area (Å²) in [5, 5.41) is 19.0. The summed E-state index contributed by atoms with van der Waals surface area (Å²) in [5.74, 6) is 0.263. The van der Waals surface area contributed by atoms with Crippen molar-refractivity contribution in [1.82, 2.24) is 15.1 Å². The van der Waals surface area contributed by atoms with Gasteiger partial charge in [0.2, 0.25) is 0 Å². The van der Waals surface area contributed by atoms with E-state index in [-0.39, 0.29) is 5.75 Å². The van der Waals surface area contributed by atoms with E-state index < -0.39 is 0 Å². The fourth-order valence-electron chi connectivity index (χ4n) is 3.44. The van der Waals surface area contributed by atoms with Crippen molar-refractivity contribution in [3.63, 3.8) is 0 Å². The lowest BCUT2D eigenvalue weighted by Gasteiger charge is -2.30. The zero-order chi connectivity index (χ0) is 17.2. The minimum Gasteiger partial charge on any atom is -0.508 e. The molecule has 0 unspecified atom stereocenters. The highest BCUT2D eigenvalue weighted by Gasteiger charge is 2.16. The summed E-state index contributed by atoms with van der Waals surface area (Å²) < 4.78 is 0. The van der Waals surface area contributed by atoms with Crippen LogP contribution in [0.5, 0.6) is 5.75 Å². The summed E-state index contributed by atoms with van der Waals surface area (Å²) in [5.41, 5.74) is 10.2. The van der Waals surface area contributed by atoms with Crippen LogP contribution in [0.4, 0.5) is 0 Å². The van der Waals surface area contributed by atoms with Gasteiger partial charge < -0.3 is 10.8 Å². The number of aromatic hydroxyl groups is 1. The molecule has 0 amide bonds. The Labute approximate surface area is 147 Å². The van der Waals surface area contributed by atoms with Gasteiger partial charge in [0.1, 0.15) is 5.75 Å². The van der Waals surface area contributed by atoms with Crippen molar-refractivity contribution >= 4 is 10.9 Å². The van der Waals surface area contributed by atoms with E-state index in [9.17, 15) is 5.11 Å². The predicted octanol–water partition coefficient (Wildman–Crippen LogP) is 2.93. The third-order valence-electron chi connectivity index (χ3n) is 4.92. The summed E-state index contributed by atoms with van der Waals surface area (Å²) in [6.07, 6.45) is 3.92. The largest absolute Gasteiger partial charge is 0.508 e. The van der Waals surface area contributed by atoms with Crippen LogP contribution < -0.4 is 5.73 Å². The number of rotatable bonds is 3. The molecule has 0 saturated carbocycles. The van der Waals surface area contributed by atoms with E-state index in [4.69, 9.17) is 5.73 Å². The number of phenols is 1. The number of nitrogens with two attached hydrogens (primary N) is 1. The summed E-state index contributed by atoms with van der Waals surface area (Å²) in [4.78, 5) is 2.46. The molecule has 1 aliphatic heterocycles. The van der Waals surface area contributed by atoms with Crippen LogP contribution in [-0.4, -0.2) is 39.3 Å². The Balaban J connectivity index is 1.67. The van der Waals surface area contributed by atoms with Crippen molar-refractivity contribution in [1.29, 1.82) is 0 Å². The van der Waals surface area contributed by atoms with Crippen molar-refractivity contribution < 1.29 is 5.11 Å². The molecule has 25 heavy (non-hydrogen) atoms. The van der Waals surface area contributed by atoms with Crippen LogP contribution in [0.1, 0.15) is 18.4 Å². The first kappa shape index (κ1) is 16.0. The molecule has 1 saturated heterocycles. The lowest BCUT2D eigenvalue weighted by molar-refractivity contribution is 0.206. The van der Waals surface area contributed by atoms with Crippen LogP contribution in [-0.2, 0) is 6.54 Å². The number of likely N-dealkylation sites (tertiary alicyclic amines) is 1. The van der Waals surface area contributed by atoms with Crippen molar-refractivity contribution in [2.75, 3.05) is 13.1 Å². The number of aromatic nitrogens is 2. The van der Waals surface area contributed by atoms with Crippen LogP contribution in [0.15, 0.2) is 48.7 Å². The van der Waals surface area contributed by atoms with Crippen molar-refractivity contribution in [3.05, 3.63) is 54.2 Å². The average molecular weight is 334 g/mol. The quantitative estimate of drug-likeness (QED) is 0.770. The standard InChI is InChI=1S/C20H22N4O/c21-16-7-9-24(10-8-16)13-14-1-6-20-18(11-14)19(12-22-23-20)15-2-4-17(25)5-3-15/h1-6,11-12,16,25H,7-10,13,21H2. The lowest BCUT2D eigenvalue weighted by atomic mass is 10.0. The minimum absolute atomic E-state index is 0.263. The molecule has 1 aliphatic rings. The van der Waals surface area contributed by atoms with Gasteiger partial charge in [-0.3, -0.25) is 4.90 Å². The molecule has 0 aliphatic carbocycles. The van der Waals surface area contributed by atoms with Crippen molar-refractivity contribution in [3.8, 4) is 16.9 Å². The second-order valence-electron chi connectivity index (χ2n) is 6.77. The summed E-state index contributed by atoms with van der Waals surface area (Å²) in [7, 11) is 0. The Morgan fingerprint density at radius 3 is 2.60 bits per heavy atom. The number of piperidine rings is 1. The highest BCUT2D eigenvalue weighted by atomic mass is 16.3. The Hall–Kier alpha value is -2.50. The van der Waals surface area contributed by atoms with E-state index in [1.807, 2.05) is 18.2 Å². The molecule has 1 aromatic heterocycles. The summed E-state index contributed by atoms with van der Waals surface area (Å²) in [6.45, 7) is 3.04. The number of hydrogen-bond donors (Lipinski definition) is 2. The van der Waals surface area contributed by atoms with Gasteiger partial charge in [-0.25, -0.2) is 0 Å². The Morgan fingerprint density at radius 2 is 1.84 bits per heavy atom. The molecule has 1 fully saturated rings. The normalized spacial score (nSPS) is 16.4. The maximum Gasteiger partial charge on any atom is 0.115 e. The third kappa shape index (κ3) is 3.48. The Bertz CT molecular complexity index is 871. The van der Waals surface area contributed by atoms with Gasteiger partial charge in [-0.05, 0) is 61.3 Å². The van der Waals surface area contributed by atoms with Gasteiger partial charge in [0.25, 0.3) is 0 Å². The maximum atomic E-state index is 9.52. The molecule has 0 spiro atoms. The molecular weight excluding hydrogens is 312 g/mol. The summed E-state index contributed by atoms with van der Waals surface area (Å²) in [6, 6.07) is 13.9. The van der Waals surface area contributed by atoms with Crippen molar-refractivity contribution in [2.45, 2.75) is 25.4 Å². The maximum absolute atomic E-state index is 9.52. The molecule has 4 rings (SSSR count). The van der Waals surface area contributed by atoms with Crippen LogP contribution >= 0.6 is 0 Å². The van der Waals surface area contributed by atoms with Crippen LogP contribution in [0.2, 0.25) is 0 Å². The topological polar surface area (TPSA) is 75.3 Å². The van der Waals surface area contributed by atoms with Crippen LogP contribution in [0, 0.1) is 0 Å².